The Morgan fingerprint density at radius 3 is 2.87 bits per heavy atom. The van der Waals surface area contributed by atoms with E-state index in [9.17, 15) is 4.79 Å². The molecule has 15 heavy (non-hydrogen) atoms. The maximum Gasteiger partial charge on any atom is 0.308 e. The lowest BCUT2D eigenvalue weighted by Crippen LogP contribution is -2.41. The first-order chi connectivity index (χ1) is 7.29. The Morgan fingerprint density at radius 1 is 1.20 bits per heavy atom. The molecule has 0 aromatic rings. The summed E-state index contributed by atoms with van der Waals surface area (Å²) in [5, 5.41) is 9.13. The summed E-state index contributed by atoms with van der Waals surface area (Å²) in [4.78, 5) is 13.4. The van der Waals surface area contributed by atoms with Crippen molar-refractivity contribution >= 4 is 5.97 Å². The van der Waals surface area contributed by atoms with E-state index in [4.69, 9.17) is 9.84 Å². The largest absolute Gasteiger partial charge is 0.481 e. The summed E-state index contributed by atoms with van der Waals surface area (Å²) in [5.41, 5.74) is 0. The van der Waals surface area contributed by atoms with Gasteiger partial charge in [0.15, 0.2) is 0 Å². The third-order valence-corrected chi connectivity index (χ3v) is 3.52. The number of aliphatic carboxylic acids is 1. The zero-order valence-corrected chi connectivity index (χ0v) is 9.02. The lowest BCUT2D eigenvalue weighted by atomic mass is 10.0. The van der Waals surface area contributed by atoms with Gasteiger partial charge in [0.05, 0.1) is 12.5 Å². The van der Waals surface area contributed by atoms with Crippen molar-refractivity contribution in [3.8, 4) is 0 Å². The molecule has 0 amide bonds. The highest BCUT2D eigenvalue weighted by Crippen LogP contribution is 2.30. The van der Waals surface area contributed by atoms with Crippen LogP contribution in [0.15, 0.2) is 0 Å². The van der Waals surface area contributed by atoms with Gasteiger partial charge in [-0.25, -0.2) is 0 Å². The summed E-state index contributed by atoms with van der Waals surface area (Å²) < 4.78 is 5.39. The summed E-state index contributed by atoms with van der Waals surface area (Å²) in [5.74, 6) is -0.772. The van der Waals surface area contributed by atoms with Crippen LogP contribution in [0.2, 0.25) is 0 Å². The molecule has 86 valence electrons. The zero-order valence-electron chi connectivity index (χ0n) is 9.02. The molecular weight excluding hydrogens is 194 g/mol. The highest BCUT2D eigenvalue weighted by Gasteiger charge is 2.36. The molecule has 1 saturated carbocycles. The molecule has 0 spiro atoms. The lowest BCUT2D eigenvalue weighted by molar-refractivity contribution is -0.143. The van der Waals surface area contributed by atoms with Gasteiger partial charge in [-0.1, -0.05) is 6.42 Å². The minimum atomic E-state index is -0.623. The molecule has 0 aromatic carbocycles. The maximum atomic E-state index is 11.1. The Bertz CT molecular complexity index is 224. The number of carbonyl (C=O) groups is 1. The number of hydrogen-bond acceptors (Lipinski definition) is 3. The second-order valence-electron chi connectivity index (χ2n) is 4.44. The highest BCUT2D eigenvalue weighted by atomic mass is 16.5. The molecule has 2 fully saturated rings. The van der Waals surface area contributed by atoms with Crippen molar-refractivity contribution in [2.24, 2.45) is 5.92 Å². The molecule has 0 bridgehead atoms. The molecule has 2 rings (SSSR count). The molecule has 0 aromatic heterocycles. The van der Waals surface area contributed by atoms with Crippen LogP contribution >= 0.6 is 0 Å². The van der Waals surface area contributed by atoms with Crippen molar-refractivity contribution in [3.05, 3.63) is 0 Å². The fraction of sp³-hybridized carbons (Fsp3) is 0.909. The smallest absolute Gasteiger partial charge is 0.308 e. The minimum Gasteiger partial charge on any atom is -0.481 e. The molecule has 2 unspecified atom stereocenters. The van der Waals surface area contributed by atoms with Gasteiger partial charge in [0.1, 0.15) is 0 Å². The van der Waals surface area contributed by atoms with Crippen molar-refractivity contribution in [3.63, 3.8) is 0 Å². The van der Waals surface area contributed by atoms with Crippen LogP contribution in [0.4, 0.5) is 0 Å². The van der Waals surface area contributed by atoms with Gasteiger partial charge in [0.25, 0.3) is 0 Å². The number of carboxylic acid groups (broad SMARTS) is 1. The van der Waals surface area contributed by atoms with E-state index in [2.05, 4.69) is 4.90 Å². The molecule has 0 radical (unpaired) electrons. The van der Waals surface area contributed by atoms with Crippen molar-refractivity contribution in [2.75, 3.05) is 26.3 Å². The molecule has 1 aliphatic heterocycles. The van der Waals surface area contributed by atoms with E-state index in [1.165, 1.54) is 0 Å². The Balaban J connectivity index is 1.97. The first-order valence-corrected chi connectivity index (χ1v) is 5.83. The van der Waals surface area contributed by atoms with Gasteiger partial charge in [-0.3, -0.25) is 9.69 Å². The number of ether oxygens (including phenoxy) is 1. The van der Waals surface area contributed by atoms with E-state index in [0.29, 0.717) is 0 Å². The standard InChI is InChI=1S/C11H19NO3/c13-11(14)9-3-1-4-10(9)12-5-2-7-15-8-6-12/h9-10H,1-8H2,(H,13,14). The highest BCUT2D eigenvalue weighted by molar-refractivity contribution is 5.71. The second-order valence-corrected chi connectivity index (χ2v) is 4.44. The number of hydrogen-bond donors (Lipinski definition) is 1. The van der Waals surface area contributed by atoms with Crippen molar-refractivity contribution in [1.29, 1.82) is 0 Å². The van der Waals surface area contributed by atoms with Crippen LogP contribution in [0.3, 0.4) is 0 Å². The van der Waals surface area contributed by atoms with Crippen LogP contribution in [-0.4, -0.2) is 48.3 Å². The van der Waals surface area contributed by atoms with Gasteiger partial charge in [0.2, 0.25) is 0 Å². The molecule has 4 heteroatoms. The van der Waals surface area contributed by atoms with Crippen LogP contribution in [0.1, 0.15) is 25.7 Å². The zero-order chi connectivity index (χ0) is 10.7. The monoisotopic (exact) mass is 213 g/mol. The van der Waals surface area contributed by atoms with Crippen molar-refractivity contribution in [2.45, 2.75) is 31.7 Å². The van der Waals surface area contributed by atoms with Gasteiger partial charge in [0, 0.05) is 25.7 Å². The van der Waals surface area contributed by atoms with Gasteiger partial charge in [-0.05, 0) is 19.3 Å². The van der Waals surface area contributed by atoms with Crippen LogP contribution < -0.4 is 0 Å². The van der Waals surface area contributed by atoms with E-state index in [1.54, 1.807) is 0 Å². The van der Waals surface area contributed by atoms with E-state index in [-0.39, 0.29) is 12.0 Å². The quantitative estimate of drug-likeness (QED) is 0.742. The van der Waals surface area contributed by atoms with E-state index in [1.807, 2.05) is 0 Å². The van der Waals surface area contributed by atoms with Gasteiger partial charge in [-0.2, -0.15) is 0 Å². The summed E-state index contributed by atoms with van der Waals surface area (Å²) in [6.07, 6.45) is 3.97. The molecule has 1 saturated heterocycles. The van der Waals surface area contributed by atoms with E-state index in [0.717, 1.165) is 52.0 Å². The Hall–Kier alpha value is -0.610. The molecule has 4 nitrogen and oxygen atoms in total. The third kappa shape index (κ3) is 2.49. The topological polar surface area (TPSA) is 49.8 Å². The van der Waals surface area contributed by atoms with Crippen molar-refractivity contribution < 1.29 is 14.6 Å². The summed E-state index contributed by atoms with van der Waals surface area (Å²) in [6, 6.07) is 0.254. The van der Waals surface area contributed by atoms with Gasteiger partial charge >= 0.3 is 5.97 Å². The summed E-state index contributed by atoms with van der Waals surface area (Å²) in [7, 11) is 0. The Morgan fingerprint density at radius 2 is 2.07 bits per heavy atom. The lowest BCUT2D eigenvalue weighted by Gasteiger charge is -2.29. The molecule has 1 heterocycles. The molecule has 1 aliphatic carbocycles. The van der Waals surface area contributed by atoms with Crippen molar-refractivity contribution in [1.82, 2.24) is 4.90 Å². The first-order valence-electron chi connectivity index (χ1n) is 5.83. The number of rotatable bonds is 2. The fourth-order valence-corrected chi connectivity index (χ4v) is 2.76. The van der Waals surface area contributed by atoms with Crippen LogP contribution in [0.5, 0.6) is 0 Å². The average molecular weight is 213 g/mol. The van der Waals surface area contributed by atoms with Crippen LogP contribution in [-0.2, 0) is 9.53 Å². The molecule has 2 atom stereocenters. The molecule has 1 N–H and O–H groups in total. The number of carboxylic acids is 1. The molecular formula is C11H19NO3. The summed E-state index contributed by atoms with van der Waals surface area (Å²) >= 11 is 0. The summed E-state index contributed by atoms with van der Waals surface area (Å²) in [6.45, 7) is 3.46. The fourth-order valence-electron chi connectivity index (χ4n) is 2.76. The third-order valence-electron chi connectivity index (χ3n) is 3.52. The Labute approximate surface area is 90.2 Å². The normalized spacial score (nSPS) is 33.9. The SMILES string of the molecule is O=C(O)C1CCCC1N1CCCOCC1. The van der Waals surface area contributed by atoms with Crippen LogP contribution in [0, 0.1) is 5.92 Å². The average Bonchev–Trinajstić information content (AvgIpc) is 2.55. The van der Waals surface area contributed by atoms with E-state index < -0.39 is 5.97 Å². The molecule has 2 aliphatic rings. The second kappa shape index (κ2) is 4.94. The first kappa shape index (κ1) is 10.9. The van der Waals surface area contributed by atoms with Gasteiger partial charge in [-0.15, -0.1) is 0 Å². The predicted octanol–water partition coefficient (Wildman–Crippen LogP) is 0.962. The predicted molar refractivity (Wildman–Crippen MR) is 55.8 cm³/mol. The Kier molecular flexibility index (Phi) is 3.59. The van der Waals surface area contributed by atoms with E-state index >= 15 is 0 Å². The number of nitrogens with zero attached hydrogens (tertiary/aromatic N) is 1. The maximum absolute atomic E-state index is 11.1. The minimum absolute atomic E-state index is 0.150. The van der Waals surface area contributed by atoms with Gasteiger partial charge < -0.3 is 9.84 Å². The van der Waals surface area contributed by atoms with Crippen LogP contribution in [0.25, 0.3) is 0 Å².